The third-order valence-electron chi connectivity index (χ3n) is 4.26. The molecule has 84 valence electrons. The van der Waals surface area contributed by atoms with E-state index >= 15 is 0 Å². The fourth-order valence-electron chi connectivity index (χ4n) is 3.22. The summed E-state index contributed by atoms with van der Waals surface area (Å²) in [5, 5.41) is 9.11. The van der Waals surface area contributed by atoms with Gasteiger partial charge in [0.15, 0.2) is 0 Å². The zero-order valence-electron chi connectivity index (χ0n) is 10.00. The number of likely N-dealkylation sites (tertiary alicyclic amines) is 1. The van der Waals surface area contributed by atoms with E-state index < -0.39 is 0 Å². The average molecular weight is 206 g/mol. The van der Waals surface area contributed by atoms with Gasteiger partial charge in [-0.25, -0.2) is 0 Å². The lowest BCUT2D eigenvalue weighted by Crippen LogP contribution is -2.48. The van der Waals surface area contributed by atoms with Crippen LogP contribution in [0.4, 0.5) is 0 Å². The molecule has 0 bridgehead atoms. The highest BCUT2D eigenvalue weighted by Crippen LogP contribution is 2.37. The van der Waals surface area contributed by atoms with Gasteiger partial charge in [0.05, 0.1) is 12.0 Å². The minimum Gasteiger partial charge on any atom is -0.300 e. The van der Waals surface area contributed by atoms with Crippen LogP contribution in [0.5, 0.6) is 0 Å². The van der Waals surface area contributed by atoms with Crippen LogP contribution in [0.2, 0.25) is 0 Å². The van der Waals surface area contributed by atoms with E-state index in [1.807, 2.05) is 0 Å². The monoisotopic (exact) mass is 206 g/mol. The molecule has 1 heterocycles. The van der Waals surface area contributed by atoms with Gasteiger partial charge in [0, 0.05) is 12.6 Å². The first-order valence-corrected chi connectivity index (χ1v) is 6.27. The van der Waals surface area contributed by atoms with Crippen LogP contribution < -0.4 is 0 Å². The zero-order chi connectivity index (χ0) is 10.9. The molecule has 1 saturated heterocycles. The highest BCUT2D eigenvalue weighted by molar-refractivity contribution is 4.99. The number of hydrogen-bond acceptors (Lipinski definition) is 2. The molecule has 2 nitrogen and oxygen atoms in total. The van der Waals surface area contributed by atoms with Gasteiger partial charge in [-0.05, 0) is 31.2 Å². The quantitative estimate of drug-likeness (QED) is 0.659. The lowest BCUT2D eigenvalue weighted by molar-refractivity contribution is 0.0517. The summed E-state index contributed by atoms with van der Waals surface area (Å²) in [6, 6.07) is 3.30. The van der Waals surface area contributed by atoms with Crippen molar-refractivity contribution in [3.63, 3.8) is 0 Å². The minimum atomic E-state index is 0.190. The van der Waals surface area contributed by atoms with Crippen molar-refractivity contribution in [3.05, 3.63) is 0 Å². The molecule has 1 unspecified atom stereocenters. The molecule has 1 aliphatic heterocycles. The summed E-state index contributed by atoms with van der Waals surface area (Å²) in [6.45, 7) is 6.77. The van der Waals surface area contributed by atoms with Gasteiger partial charge in [-0.2, -0.15) is 5.26 Å². The molecule has 2 rings (SSSR count). The molecule has 0 radical (unpaired) electrons. The van der Waals surface area contributed by atoms with Crippen molar-refractivity contribution in [2.75, 3.05) is 13.1 Å². The molecule has 2 heteroatoms. The van der Waals surface area contributed by atoms with Crippen molar-refractivity contribution < 1.29 is 0 Å². The third kappa shape index (κ3) is 2.18. The summed E-state index contributed by atoms with van der Waals surface area (Å²) < 4.78 is 0. The topological polar surface area (TPSA) is 27.0 Å². The molecular formula is C13H22N2. The number of hydrogen-bond donors (Lipinski definition) is 0. The third-order valence-corrected chi connectivity index (χ3v) is 4.26. The molecule has 2 aliphatic rings. The largest absolute Gasteiger partial charge is 0.300 e. The normalized spacial score (nSPS) is 32.7. The fraction of sp³-hybridized carbons (Fsp3) is 0.923. The maximum Gasteiger partial charge on any atom is 0.0662 e. The smallest absolute Gasteiger partial charge is 0.0662 e. The average Bonchev–Trinajstić information content (AvgIpc) is 2.69. The SMILES string of the molecule is CC1(C)CN(C2CCCC2)CCC1C#N. The van der Waals surface area contributed by atoms with Gasteiger partial charge in [0.25, 0.3) is 0 Å². The maximum atomic E-state index is 9.11. The van der Waals surface area contributed by atoms with Crippen LogP contribution in [0.15, 0.2) is 0 Å². The maximum absolute atomic E-state index is 9.11. The first-order chi connectivity index (χ1) is 7.13. The highest BCUT2D eigenvalue weighted by atomic mass is 15.2. The summed E-state index contributed by atoms with van der Waals surface area (Å²) in [6.07, 6.45) is 6.65. The second-order valence-electron chi connectivity index (χ2n) is 5.87. The number of piperidine rings is 1. The molecule has 1 aliphatic carbocycles. The first-order valence-electron chi connectivity index (χ1n) is 6.27. The van der Waals surface area contributed by atoms with Crippen molar-refractivity contribution in [3.8, 4) is 6.07 Å². The molecule has 15 heavy (non-hydrogen) atoms. The van der Waals surface area contributed by atoms with Gasteiger partial charge in [0.1, 0.15) is 0 Å². The van der Waals surface area contributed by atoms with Crippen LogP contribution in [0.1, 0.15) is 46.0 Å². The summed E-state index contributed by atoms with van der Waals surface area (Å²) in [5.74, 6) is 0.259. The predicted molar refractivity (Wildman–Crippen MR) is 61.3 cm³/mol. The van der Waals surface area contributed by atoms with E-state index in [2.05, 4.69) is 24.8 Å². The lowest BCUT2D eigenvalue weighted by Gasteiger charge is -2.44. The van der Waals surface area contributed by atoms with Crippen molar-refractivity contribution in [2.24, 2.45) is 11.3 Å². The Labute approximate surface area is 93.3 Å². The second-order valence-corrected chi connectivity index (χ2v) is 5.87. The Kier molecular flexibility index (Phi) is 3.02. The van der Waals surface area contributed by atoms with Crippen LogP contribution in [0.25, 0.3) is 0 Å². The second kappa shape index (κ2) is 4.14. The molecule has 0 spiro atoms. The van der Waals surface area contributed by atoms with Gasteiger partial charge in [0.2, 0.25) is 0 Å². The van der Waals surface area contributed by atoms with Crippen molar-refractivity contribution in [1.29, 1.82) is 5.26 Å². The van der Waals surface area contributed by atoms with Gasteiger partial charge < -0.3 is 0 Å². The van der Waals surface area contributed by atoms with Crippen LogP contribution in [0, 0.1) is 22.7 Å². The molecule has 2 fully saturated rings. The van der Waals surface area contributed by atoms with Gasteiger partial charge in [-0.15, -0.1) is 0 Å². The standard InChI is InChI=1S/C13H22N2/c1-13(2)10-15(8-7-11(13)9-14)12-5-3-4-6-12/h11-12H,3-8,10H2,1-2H3. The van der Waals surface area contributed by atoms with Gasteiger partial charge >= 0.3 is 0 Å². The number of rotatable bonds is 1. The minimum absolute atomic E-state index is 0.190. The van der Waals surface area contributed by atoms with E-state index in [4.69, 9.17) is 5.26 Å². The molecular weight excluding hydrogens is 184 g/mol. The van der Waals surface area contributed by atoms with E-state index in [1.54, 1.807) is 0 Å². The fourth-order valence-corrected chi connectivity index (χ4v) is 3.22. The molecule has 0 amide bonds. The Balaban J connectivity index is 1.99. The van der Waals surface area contributed by atoms with E-state index in [1.165, 1.54) is 25.7 Å². The Hall–Kier alpha value is -0.550. The summed E-state index contributed by atoms with van der Waals surface area (Å²) in [4.78, 5) is 2.64. The Morgan fingerprint density at radius 1 is 1.20 bits per heavy atom. The van der Waals surface area contributed by atoms with Crippen LogP contribution in [-0.2, 0) is 0 Å². The van der Waals surface area contributed by atoms with E-state index in [0.29, 0.717) is 0 Å². The molecule has 0 aromatic rings. The number of nitriles is 1. The Bertz CT molecular complexity index is 258. The van der Waals surface area contributed by atoms with Crippen LogP contribution in [0.3, 0.4) is 0 Å². The molecule has 1 saturated carbocycles. The number of nitrogens with zero attached hydrogens (tertiary/aromatic N) is 2. The Morgan fingerprint density at radius 2 is 1.87 bits per heavy atom. The summed E-state index contributed by atoms with van der Waals surface area (Å²) in [7, 11) is 0. The summed E-state index contributed by atoms with van der Waals surface area (Å²) >= 11 is 0. The predicted octanol–water partition coefficient (Wildman–Crippen LogP) is 2.80. The van der Waals surface area contributed by atoms with Crippen molar-refractivity contribution >= 4 is 0 Å². The lowest BCUT2D eigenvalue weighted by atomic mass is 9.74. The van der Waals surface area contributed by atoms with Gasteiger partial charge in [-0.1, -0.05) is 26.7 Å². The van der Waals surface area contributed by atoms with Crippen LogP contribution in [-0.4, -0.2) is 24.0 Å². The van der Waals surface area contributed by atoms with Crippen LogP contribution >= 0.6 is 0 Å². The van der Waals surface area contributed by atoms with E-state index in [0.717, 1.165) is 25.6 Å². The molecule has 1 atom stereocenters. The zero-order valence-corrected chi connectivity index (χ0v) is 10.00. The Morgan fingerprint density at radius 3 is 2.40 bits per heavy atom. The van der Waals surface area contributed by atoms with E-state index in [-0.39, 0.29) is 11.3 Å². The summed E-state index contributed by atoms with van der Waals surface area (Å²) in [5.41, 5.74) is 0.190. The molecule has 0 aromatic heterocycles. The molecule has 0 N–H and O–H groups in total. The first kappa shape index (κ1) is 11.0. The van der Waals surface area contributed by atoms with Gasteiger partial charge in [-0.3, -0.25) is 4.90 Å². The van der Waals surface area contributed by atoms with Crippen molar-refractivity contribution in [2.45, 2.75) is 52.0 Å². The highest BCUT2D eigenvalue weighted by Gasteiger charge is 2.38. The molecule has 0 aromatic carbocycles. The van der Waals surface area contributed by atoms with E-state index in [9.17, 15) is 0 Å². The van der Waals surface area contributed by atoms with Crippen molar-refractivity contribution in [1.82, 2.24) is 4.90 Å².